The van der Waals surface area contributed by atoms with E-state index >= 15 is 0 Å². The van der Waals surface area contributed by atoms with Crippen molar-refractivity contribution in [1.82, 2.24) is 10.2 Å². The van der Waals surface area contributed by atoms with E-state index in [0.29, 0.717) is 0 Å². The first-order valence-electron chi connectivity index (χ1n) is 7.20. The van der Waals surface area contributed by atoms with Crippen molar-refractivity contribution in [2.24, 2.45) is 0 Å². The van der Waals surface area contributed by atoms with Gasteiger partial charge in [-0.05, 0) is 38.9 Å². The molecule has 1 unspecified atom stereocenters. The zero-order chi connectivity index (χ0) is 13.7. The zero-order valence-corrected chi connectivity index (χ0v) is 12.4. The summed E-state index contributed by atoms with van der Waals surface area (Å²) in [5.74, 6) is 1.08. The highest BCUT2D eigenvalue weighted by Gasteiger charge is 2.31. The molecule has 0 saturated carbocycles. The molecule has 108 valence electrons. The molecule has 0 aliphatic carbocycles. The Labute approximate surface area is 116 Å². The van der Waals surface area contributed by atoms with Gasteiger partial charge in [0, 0.05) is 25.8 Å². The molecule has 0 bridgehead atoms. The minimum absolute atomic E-state index is 0.00727. The smallest absolute Gasteiger partial charge is 0.122 e. The van der Waals surface area contributed by atoms with Gasteiger partial charge in [-0.25, -0.2) is 0 Å². The van der Waals surface area contributed by atoms with Gasteiger partial charge in [0.2, 0.25) is 0 Å². The van der Waals surface area contributed by atoms with Crippen LogP contribution in [0.2, 0.25) is 0 Å². The van der Waals surface area contributed by atoms with Crippen molar-refractivity contribution < 1.29 is 9.15 Å². The summed E-state index contributed by atoms with van der Waals surface area (Å²) in [5, 5.41) is 3.35. The molecule has 0 spiro atoms. The summed E-state index contributed by atoms with van der Waals surface area (Å²) >= 11 is 0. The van der Waals surface area contributed by atoms with Crippen LogP contribution in [-0.4, -0.2) is 37.2 Å². The van der Waals surface area contributed by atoms with E-state index < -0.39 is 0 Å². The molecule has 1 aromatic rings. The van der Waals surface area contributed by atoms with Gasteiger partial charge in [-0.3, -0.25) is 4.90 Å². The van der Waals surface area contributed by atoms with Crippen molar-refractivity contribution in [2.75, 3.05) is 26.7 Å². The van der Waals surface area contributed by atoms with Crippen molar-refractivity contribution in [1.29, 1.82) is 0 Å². The summed E-state index contributed by atoms with van der Waals surface area (Å²) in [5.41, 5.74) is 1.26. The monoisotopic (exact) mass is 266 g/mol. The molecule has 19 heavy (non-hydrogen) atoms. The molecule has 2 rings (SSSR count). The highest BCUT2D eigenvalue weighted by Crippen LogP contribution is 2.25. The lowest BCUT2D eigenvalue weighted by molar-refractivity contribution is -0.0539. The molecular weight excluding hydrogens is 240 g/mol. The number of hydrogen-bond donors (Lipinski definition) is 1. The fraction of sp³-hybridized carbons (Fsp3) is 0.733. The number of piperidine rings is 1. The van der Waals surface area contributed by atoms with Crippen molar-refractivity contribution in [3.8, 4) is 0 Å². The van der Waals surface area contributed by atoms with E-state index in [-0.39, 0.29) is 5.60 Å². The molecular formula is C15H26N2O2. The lowest BCUT2D eigenvalue weighted by Crippen LogP contribution is -2.46. The first kappa shape index (κ1) is 14.6. The maximum atomic E-state index is 5.64. The predicted octanol–water partition coefficient (Wildman–Crippen LogP) is 2.39. The Morgan fingerprint density at radius 3 is 3.11 bits per heavy atom. The summed E-state index contributed by atoms with van der Waals surface area (Å²) in [6.07, 6.45) is 4.12. The molecule has 0 radical (unpaired) electrons. The Morgan fingerprint density at radius 2 is 2.37 bits per heavy atom. The van der Waals surface area contributed by atoms with Crippen LogP contribution < -0.4 is 5.32 Å². The molecule has 1 aliphatic heterocycles. The molecule has 4 heteroatoms. The second kappa shape index (κ2) is 6.55. The third-order valence-electron chi connectivity index (χ3n) is 4.00. The van der Waals surface area contributed by atoms with Crippen LogP contribution in [0.1, 0.15) is 38.0 Å². The second-order valence-corrected chi connectivity index (χ2v) is 5.62. The van der Waals surface area contributed by atoms with Crippen LogP contribution in [0.15, 0.2) is 16.7 Å². The standard InChI is InChI=1S/C15H26N2O2/c1-4-16-10-13-6-9-19-14(13)11-17-8-5-7-15(2,12-17)18-3/h6,9,16H,4-5,7-8,10-12H2,1-3H3. The second-order valence-electron chi connectivity index (χ2n) is 5.62. The summed E-state index contributed by atoms with van der Waals surface area (Å²) in [6, 6.07) is 2.07. The van der Waals surface area contributed by atoms with Gasteiger partial charge < -0.3 is 14.5 Å². The third kappa shape index (κ3) is 3.81. The van der Waals surface area contributed by atoms with Crippen molar-refractivity contribution in [3.05, 3.63) is 23.7 Å². The largest absolute Gasteiger partial charge is 0.468 e. The van der Waals surface area contributed by atoms with E-state index in [1.54, 1.807) is 6.26 Å². The van der Waals surface area contributed by atoms with Crippen LogP contribution in [0.5, 0.6) is 0 Å². The molecule has 1 N–H and O–H groups in total. The maximum Gasteiger partial charge on any atom is 0.122 e. The number of hydrogen-bond acceptors (Lipinski definition) is 4. The minimum atomic E-state index is -0.00727. The topological polar surface area (TPSA) is 37.6 Å². The van der Waals surface area contributed by atoms with Crippen molar-refractivity contribution >= 4 is 0 Å². The van der Waals surface area contributed by atoms with Gasteiger partial charge in [0.25, 0.3) is 0 Å². The quantitative estimate of drug-likeness (QED) is 0.858. The van der Waals surface area contributed by atoms with Gasteiger partial charge in [0.15, 0.2) is 0 Å². The van der Waals surface area contributed by atoms with Gasteiger partial charge in [-0.15, -0.1) is 0 Å². The van der Waals surface area contributed by atoms with Crippen LogP contribution in [0.4, 0.5) is 0 Å². The Hall–Kier alpha value is -0.840. The summed E-state index contributed by atoms with van der Waals surface area (Å²) in [4.78, 5) is 2.43. The zero-order valence-electron chi connectivity index (χ0n) is 12.4. The average Bonchev–Trinajstić information content (AvgIpc) is 2.84. The summed E-state index contributed by atoms with van der Waals surface area (Å²) < 4.78 is 11.3. The lowest BCUT2D eigenvalue weighted by atomic mass is 9.94. The highest BCUT2D eigenvalue weighted by molar-refractivity contribution is 5.17. The normalized spacial score (nSPS) is 24.8. The first-order valence-corrected chi connectivity index (χ1v) is 7.20. The van der Waals surface area contributed by atoms with Crippen LogP contribution in [-0.2, 0) is 17.8 Å². The van der Waals surface area contributed by atoms with E-state index in [9.17, 15) is 0 Å². The van der Waals surface area contributed by atoms with Gasteiger partial charge in [-0.2, -0.15) is 0 Å². The van der Waals surface area contributed by atoms with E-state index in [2.05, 4.69) is 30.1 Å². The van der Waals surface area contributed by atoms with Crippen LogP contribution in [0.3, 0.4) is 0 Å². The molecule has 4 nitrogen and oxygen atoms in total. The fourth-order valence-corrected chi connectivity index (χ4v) is 2.74. The third-order valence-corrected chi connectivity index (χ3v) is 4.00. The van der Waals surface area contributed by atoms with Crippen LogP contribution >= 0.6 is 0 Å². The number of methoxy groups -OCH3 is 1. The number of rotatable bonds is 6. The van der Waals surface area contributed by atoms with Gasteiger partial charge in [0.1, 0.15) is 5.76 Å². The Morgan fingerprint density at radius 1 is 1.53 bits per heavy atom. The molecule has 1 aromatic heterocycles. The Bertz CT molecular complexity index is 391. The SMILES string of the molecule is CCNCc1ccoc1CN1CCCC(C)(OC)C1. The molecule has 1 fully saturated rings. The van der Waals surface area contributed by atoms with E-state index in [1.807, 2.05) is 7.11 Å². The number of likely N-dealkylation sites (tertiary alicyclic amines) is 1. The molecule has 2 heterocycles. The van der Waals surface area contributed by atoms with Crippen molar-refractivity contribution in [2.45, 2.75) is 45.4 Å². The average molecular weight is 266 g/mol. The minimum Gasteiger partial charge on any atom is -0.468 e. The highest BCUT2D eigenvalue weighted by atomic mass is 16.5. The van der Waals surface area contributed by atoms with Gasteiger partial charge in [-0.1, -0.05) is 6.92 Å². The molecule has 1 aliphatic rings. The molecule has 1 saturated heterocycles. The van der Waals surface area contributed by atoms with Gasteiger partial charge in [0.05, 0.1) is 18.4 Å². The molecule has 0 aromatic carbocycles. The first-order chi connectivity index (χ1) is 9.17. The number of nitrogens with zero attached hydrogens (tertiary/aromatic N) is 1. The van der Waals surface area contributed by atoms with Crippen LogP contribution in [0, 0.1) is 0 Å². The van der Waals surface area contributed by atoms with E-state index in [0.717, 1.165) is 44.9 Å². The maximum absolute atomic E-state index is 5.64. The Kier molecular flexibility index (Phi) is 5.02. The lowest BCUT2D eigenvalue weighted by Gasteiger charge is -2.39. The number of nitrogens with one attached hydrogen (secondary N) is 1. The Balaban J connectivity index is 1.95. The molecule has 1 atom stereocenters. The summed E-state index contributed by atoms with van der Waals surface area (Å²) in [7, 11) is 1.81. The van der Waals surface area contributed by atoms with Crippen molar-refractivity contribution in [3.63, 3.8) is 0 Å². The molecule has 0 amide bonds. The fourth-order valence-electron chi connectivity index (χ4n) is 2.74. The van der Waals surface area contributed by atoms with E-state index in [1.165, 1.54) is 12.0 Å². The number of furan rings is 1. The van der Waals surface area contributed by atoms with E-state index in [4.69, 9.17) is 9.15 Å². The summed E-state index contributed by atoms with van der Waals surface area (Å²) in [6.45, 7) is 9.17. The number of ether oxygens (including phenoxy) is 1. The van der Waals surface area contributed by atoms with Crippen LogP contribution in [0.25, 0.3) is 0 Å². The van der Waals surface area contributed by atoms with Gasteiger partial charge >= 0.3 is 0 Å². The predicted molar refractivity (Wildman–Crippen MR) is 76.0 cm³/mol.